The Bertz CT molecular complexity index is 78.5. The van der Waals surface area contributed by atoms with E-state index in [1.165, 1.54) is 0 Å². The van der Waals surface area contributed by atoms with Gasteiger partial charge in [0.25, 0.3) is 0 Å². The van der Waals surface area contributed by atoms with Crippen LogP contribution in [0.2, 0.25) is 0 Å². The molecule has 0 atom stereocenters. The molecule has 0 radical (unpaired) electrons. The summed E-state index contributed by atoms with van der Waals surface area (Å²) in [6.45, 7) is 1.94. The molecule has 13 heavy (non-hydrogen) atoms. The molecule has 9 heteroatoms. The fourth-order valence-corrected chi connectivity index (χ4v) is 0. The van der Waals surface area contributed by atoms with Crippen molar-refractivity contribution >= 4 is 29.3 Å². The maximum absolute atomic E-state index is 8.89. The van der Waals surface area contributed by atoms with Gasteiger partial charge < -0.3 is 36.2 Å². The van der Waals surface area contributed by atoms with Crippen LogP contribution in [0, 0.1) is 0 Å². The Labute approximate surface area is 99.0 Å². The number of carboxylic acids is 2. The molecule has 0 spiro atoms. The van der Waals surface area contributed by atoms with Crippen LogP contribution in [0.15, 0.2) is 0 Å². The van der Waals surface area contributed by atoms with Crippen molar-refractivity contribution in [2.45, 2.75) is 13.8 Å². The van der Waals surface area contributed by atoms with Gasteiger partial charge >= 0.3 is 36.8 Å². The molecule has 0 aliphatic heterocycles. The summed E-state index contributed by atoms with van der Waals surface area (Å²) in [6.07, 6.45) is 0. The van der Waals surface area contributed by atoms with Gasteiger partial charge in [-0.05, 0) is 13.8 Å². The molecular formula is C4H9AlO7Zn. The van der Waals surface area contributed by atoms with Crippen molar-refractivity contribution in [2.75, 3.05) is 0 Å². The van der Waals surface area contributed by atoms with Gasteiger partial charge in [-0.3, -0.25) is 0 Å². The Morgan fingerprint density at radius 1 is 0.846 bits per heavy atom. The third kappa shape index (κ3) is 2040000. The van der Waals surface area contributed by atoms with Crippen molar-refractivity contribution < 1.29 is 55.7 Å². The molecule has 7 nitrogen and oxygen atoms in total. The van der Waals surface area contributed by atoms with Gasteiger partial charge in [-0.2, -0.15) is 0 Å². The fraction of sp³-hybridized carbons (Fsp3) is 0.500. The molecule has 0 heterocycles. The second kappa shape index (κ2) is 40.4. The molecule has 0 aromatic heterocycles. The number of carbonyl (C=O) groups excluding carboxylic acids is 2. The van der Waals surface area contributed by atoms with Crippen molar-refractivity contribution in [3.8, 4) is 0 Å². The molecule has 0 bridgehead atoms. The van der Waals surface area contributed by atoms with Gasteiger partial charge in [-0.1, -0.05) is 0 Å². The Morgan fingerprint density at radius 3 is 0.846 bits per heavy atom. The average molecular weight is 261 g/mol. The van der Waals surface area contributed by atoms with Gasteiger partial charge in [-0.25, -0.2) is 0 Å². The summed E-state index contributed by atoms with van der Waals surface area (Å²) >= 11 is 0. The Hall–Kier alpha value is -0.0242. The zero-order chi connectivity index (χ0) is 7.15. The van der Waals surface area contributed by atoms with Gasteiger partial charge in [0.15, 0.2) is 0 Å². The van der Waals surface area contributed by atoms with Crippen LogP contribution in [0.4, 0.5) is 0 Å². The zero-order valence-electron chi connectivity index (χ0n) is 7.26. The van der Waals surface area contributed by atoms with E-state index in [0.717, 1.165) is 13.8 Å². The first kappa shape index (κ1) is 52.1. The fourth-order valence-electron chi connectivity index (χ4n) is 0. The van der Waals surface area contributed by atoms with E-state index in [0.29, 0.717) is 0 Å². The first-order valence-corrected chi connectivity index (χ1v) is 1.82. The van der Waals surface area contributed by atoms with Crippen molar-refractivity contribution in [3.05, 3.63) is 0 Å². The van der Waals surface area contributed by atoms with E-state index in [-0.39, 0.29) is 53.3 Å². The summed E-state index contributed by atoms with van der Waals surface area (Å²) in [4.78, 5) is 17.8. The van der Waals surface area contributed by atoms with Gasteiger partial charge in [0, 0.05) is 11.9 Å². The second-order valence-electron chi connectivity index (χ2n) is 0.983. The van der Waals surface area contributed by atoms with E-state index in [4.69, 9.17) is 19.8 Å². The van der Waals surface area contributed by atoms with Crippen LogP contribution in [0.5, 0.6) is 0 Å². The number of carbonyl (C=O) groups is 2. The van der Waals surface area contributed by atoms with E-state index in [1.54, 1.807) is 0 Å². The first-order valence-electron chi connectivity index (χ1n) is 1.82. The molecule has 0 rings (SSSR count). The maximum atomic E-state index is 8.89. The quantitative estimate of drug-likeness (QED) is 0.409. The monoisotopic (exact) mass is 260 g/mol. The Kier molecular flexibility index (Phi) is 162. The molecule has 0 aromatic carbocycles. The standard InChI is InChI=1S/2C2H4O2.Al.3H2O.Zn/c2*1-2(3)4;;;;;/h2*1H3,(H,3,4);;3*1H2;/q;;+3;;;;+2/p-5. The summed E-state index contributed by atoms with van der Waals surface area (Å²) in [6, 6.07) is 0. The predicted octanol–water partition coefficient (Wildman–Crippen LogP) is -3.40. The van der Waals surface area contributed by atoms with E-state index in [9.17, 15) is 0 Å². The Balaban J connectivity index is -0.00000000800. The van der Waals surface area contributed by atoms with Crippen LogP contribution in [-0.4, -0.2) is 45.7 Å². The number of carboxylic acid groups (broad SMARTS) is 2. The molecular weight excluding hydrogens is 252 g/mol. The molecule has 3 N–H and O–H groups in total. The number of hydrogen-bond donors (Lipinski definition) is 0. The summed E-state index contributed by atoms with van der Waals surface area (Å²) in [5.41, 5.74) is 0. The second-order valence-corrected chi connectivity index (χ2v) is 0.983. The number of rotatable bonds is 0. The Morgan fingerprint density at radius 2 is 0.846 bits per heavy atom. The van der Waals surface area contributed by atoms with E-state index in [2.05, 4.69) is 0 Å². The van der Waals surface area contributed by atoms with Crippen molar-refractivity contribution in [1.82, 2.24) is 0 Å². The van der Waals surface area contributed by atoms with Crippen LogP contribution >= 0.6 is 0 Å². The largest absolute Gasteiger partial charge is 3.00 e. The summed E-state index contributed by atoms with van der Waals surface area (Å²) in [7, 11) is 0. The molecule has 0 saturated carbocycles. The zero-order valence-corrected chi connectivity index (χ0v) is 11.4. The molecule has 0 aliphatic rings. The third-order valence-electron chi connectivity index (χ3n) is 0. The van der Waals surface area contributed by atoms with Crippen LogP contribution in [-0.2, 0) is 29.1 Å². The minimum Gasteiger partial charge on any atom is -0.870 e. The minimum atomic E-state index is -1.08. The normalized spacial score (nSPS) is 3.85. The molecule has 0 saturated heterocycles. The SMILES string of the molecule is CC(=O)[O-].CC(=O)[O-].[Al+3].[OH-].[OH-].[OH-].[Zn+2]. The van der Waals surface area contributed by atoms with E-state index in [1.807, 2.05) is 0 Å². The number of aliphatic carboxylic acids is 2. The summed E-state index contributed by atoms with van der Waals surface area (Å²) in [5, 5.41) is 17.8. The van der Waals surface area contributed by atoms with Crippen LogP contribution < -0.4 is 10.2 Å². The minimum absolute atomic E-state index is 0. The summed E-state index contributed by atoms with van der Waals surface area (Å²) in [5.74, 6) is -2.17. The average Bonchev–Trinajstić information content (AvgIpc) is 1.25. The van der Waals surface area contributed by atoms with Gasteiger partial charge in [0.2, 0.25) is 0 Å². The molecule has 0 amide bonds. The predicted molar refractivity (Wildman–Crippen MR) is 32.9 cm³/mol. The summed E-state index contributed by atoms with van der Waals surface area (Å²) < 4.78 is 0. The van der Waals surface area contributed by atoms with Gasteiger partial charge in [0.05, 0.1) is 0 Å². The number of hydrogen-bond acceptors (Lipinski definition) is 7. The van der Waals surface area contributed by atoms with E-state index >= 15 is 0 Å². The van der Waals surface area contributed by atoms with Crippen LogP contribution in [0.1, 0.15) is 13.8 Å². The van der Waals surface area contributed by atoms with Crippen LogP contribution in [0.25, 0.3) is 0 Å². The van der Waals surface area contributed by atoms with E-state index < -0.39 is 11.9 Å². The molecule has 0 aromatic rings. The molecule has 0 unspecified atom stereocenters. The van der Waals surface area contributed by atoms with Gasteiger partial charge in [-0.15, -0.1) is 0 Å². The van der Waals surface area contributed by atoms with Crippen molar-refractivity contribution in [2.24, 2.45) is 0 Å². The van der Waals surface area contributed by atoms with Crippen molar-refractivity contribution in [3.63, 3.8) is 0 Å². The van der Waals surface area contributed by atoms with Crippen molar-refractivity contribution in [1.29, 1.82) is 0 Å². The smallest absolute Gasteiger partial charge is 0.870 e. The van der Waals surface area contributed by atoms with Crippen LogP contribution in [0.3, 0.4) is 0 Å². The topological polar surface area (TPSA) is 170 Å². The molecule has 0 fully saturated rings. The third-order valence-corrected chi connectivity index (χ3v) is 0. The van der Waals surface area contributed by atoms with Gasteiger partial charge in [0.1, 0.15) is 0 Å². The maximum Gasteiger partial charge on any atom is 3.00 e. The molecule has 72 valence electrons. The molecule has 0 aliphatic carbocycles. The first-order chi connectivity index (χ1) is 3.46.